The van der Waals surface area contributed by atoms with Gasteiger partial charge < -0.3 is 4.90 Å². The fraction of sp³-hybridized carbons (Fsp3) is 0.208. The van der Waals surface area contributed by atoms with Gasteiger partial charge in [-0.15, -0.1) is 0 Å². The lowest BCUT2D eigenvalue weighted by atomic mass is 10.0. The molecule has 154 valence electrons. The van der Waals surface area contributed by atoms with Crippen molar-refractivity contribution in [2.24, 2.45) is 0 Å². The van der Waals surface area contributed by atoms with Crippen molar-refractivity contribution >= 4 is 38.5 Å². The lowest BCUT2D eigenvalue weighted by Crippen LogP contribution is -2.35. The first-order valence-electron chi connectivity index (χ1n) is 9.90. The van der Waals surface area contributed by atoms with Crippen molar-refractivity contribution < 1.29 is 9.00 Å². The highest BCUT2D eigenvalue weighted by molar-refractivity contribution is 9.10. The molecule has 1 aliphatic heterocycles. The average Bonchev–Trinajstić information content (AvgIpc) is 2.78. The number of halogens is 1. The van der Waals surface area contributed by atoms with Crippen molar-refractivity contribution in [3.8, 4) is 0 Å². The summed E-state index contributed by atoms with van der Waals surface area (Å²) in [6, 6.07) is 23.2. The molecule has 1 atom stereocenters. The van der Waals surface area contributed by atoms with Gasteiger partial charge in [0, 0.05) is 35.9 Å². The molecule has 0 spiro atoms. The topological polar surface area (TPSA) is 40.6 Å². The number of fused-ring (bicyclic) bond motifs is 1. The average molecular weight is 483 g/mol. The monoisotopic (exact) mass is 482 g/mol. The number of hydrogen-bond acceptors (Lipinski definition) is 2. The van der Waals surface area contributed by atoms with Gasteiger partial charge in [0.05, 0.1) is 4.90 Å². The first-order valence-corrected chi connectivity index (χ1v) is 11.8. The van der Waals surface area contributed by atoms with Gasteiger partial charge in [0.1, 0.15) is 11.0 Å². The fourth-order valence-corrected chi connectivity index (χ4v) is 5.01. The second-order valence-corrected chi connectivity index (χ2v) is 9.89. The molecule has 0 N–H and O–H groups in total. The van der Waals surface area contributed by atoms with Gasteiger partial charge >= 0.3 is 0 Å². The van der Waals surface area contributed by atoms with Crippen LogP contribution < -0.4 is 4.90 Å². The van der Waals surface area contributed by atoms with Crippen LogP contribution in [0.5, 0.6) is 0 Å². The zero-order valence-electron chi connectivity index (χ0n) is 16.8. The number of rotatable bonds is 5. The highest BCUT2D eigenvalue weighted by atomic mass is 79.9. The Kier molecular flexibility index (Phi) is 6.46. The number of para-hydroxylation sites is 1. The molecule has 30 heavy (non-hydrogen) atoms. The number of carbonyl (C=O) groups excluding carboxylic acids is 1. The van der Waals surface area contributed by atoms with E-state index in [0.29, 0.717) is 12.1 Å². The van der Waals surface area contributed by atoms with Crippen LogP contribution in [-0.4, -0.2) is 28.0 Å². The fourth-order valence-electron chi connectivity index (χ4n) is 3.75. The van der Waals surface area contributed by atoms with E-state index < -0.39 is 11.0 Å². The molecule has 1 amide bonds. The molecular weight excluding hydrogens is 460 g/mol. The molecule has 3 aromatic rings. The summed E-state index contributed by atoms with van der Waals surface area (Å²) in [6.45, 7) is 1.22. The third-order valence-corrected chi connectivity index (χ3v) is 7.13. The molecule has 6 heteroatoms. The molecule has 1 unspecified atom stereocenters. The van der Waals surface area contributed by atoms with Crippen molar-refractivity contribution in [1.29, 1.82) is 0 Å². The number of amides is 1. The summed E-state index contributed by atoms with van der Waals surface area (Å²) in [6.07, 6.45) is 1.98. The maximum absolute atomic E-state index is 13.2. The standard InChI is InChI=1S/C24H23BrN2O2S/c1-26(30(29)22-13-11-21(25)12-14-22)17-18-6-4-8-20(16-18)24(28)27-15-5-9-19-7-2-3-10-23(19)27/h2-4,6-8,10-14,16H,5,9,15,17H2,1H3. The summed E-state index contributed by atoms with van der Waals surface area (Å²) in [5.74, 6) is 0.0145. The Labute approximate surface area is 188 Å². The molecule has 0 aliphatic carbocycles. The molecule has 4 nitrogen and oxygen atoms in total. The van der Waals surface area contributed by atoms with Gasteiger partial charge in [-0.25, -0.2) is 8.51 Å². The Hall–Kier alpha value is -2.28. The SMILES string of the molecule is CN(Cc1cccc(C(=O)N2CCCc3ccccc32)c1)S(=O)c1ccc(Br)cc1. The minimum Gasteiger partial charge on any atom is -0.308 e. The van der Waals surface area contributed by atoms with Crippen molar-refractivity contribution in [3.63, 3.8) is 0 Å². The van der Waals surface area contributed by atoms with Crippen LogP contribution in [0.2, 0.25) is 0 Å². The van der Waals surface area contributed by atoms with Gasteiger partial charge in [0.2, 0.25) is 0 Å². The Morgan fingerprint density at radius 3 is 2.63 bits per heavy atom. The smallest absolute Gasteiger partial charge is 0.258 e. The summed E-state index contributed by atoms with van der Waals surface area (Å²) >= 11 is 3.40. The zero-order chi connectivity index (χ0) is 21.1. The zero-order valence-corrected chi connectivity index (χ0v) is 19.2. The van der Waals surface area contributed by atoms with Crippen molar-refractivity contribution in [2.75, 3.05) is 18.5 Å². The molecule has 1 heterocycles. The maximum atomic E-state index is 13.2. The molecule has 1 aliphatic rings. The van der Waals surface area contributed by atoms with Crippen molar-refractivity contribution in [2.45, 2.75) is 24.3 Å². The maximum Gasteiger partial charge on any atom is 0.258 e. The van der Waals surface area contributed by atoms with Crippen molar-refractivity contribution in [3.05, 3.63) is 94.0 Å². The van der Waals surface area contributed by atoms with E-state index in [0.717, 1.165) is 40.0 Å². The van der Waals surface area contributed by atoms with E-state index in [1.807, 2.05) is 78.7 Å². The number of hydrogen-bond donors (Lipinski definition) is 0. The first-order chi connectivity index (χ1) is 14.5. The second kappa shape index (κ2) is 9.25. The molecule has 0 saturated heterocycles. The Morgan fingerprint density at radius 1 is 1.07 bits per heavy atom. The minimum atomic E-state index is -1.27. The van der Waals surface area contributed by atoms with Crippen LogP contribution in [0.25, 0.3) is 0 Å². The number of anilines is 1. The summed E-state index contributed by atoms with van der Waals surface area (Å²) in [5, 5.41) is 0. The van der Waals surface area contributed by atoms with Gasteiger partial charge in [-0.2, -0.15) is 0 Å². The Bertz CT molecular complexity index is 1080. The molecule has 4 rings (SSSR count). The van der Waals surface area contributed by atoms with Crippen LogP contribution in [-0.2, 0) is 24.0 Å². The number of nitrogens with zero attached hydrogens (tertiary/aromatic N) is 2. The summed E-state index contributed by atoms with van der Waals surface area (Å²) in [7, 11) is 0.556. The lowest BCUT2D eigenvalue weighted by molar-refractivity contribution is 0.0985. The summed E-state index contributed by atoms with van der Waals surface area (Å²) < 4.78 is 15.5. The minimum absolute atomic E-state index is 0.0145. The van der Waals surface area contributed by atoms with E-state index in [9.17, 15) is 9.00 Å². The van der Waals surface area contributed by atoms with E-state index in [1.54, 1.807) is 4.31 Å². The Morgan fingerprint density at radius 2 is 1.83 bits per heavy atom. The highest BCUT2D eigenvalue weighted by Gasteiger charge is 2.23. The predicted molar refractivity (Wildman–Crippen MR) is 125 cm³/mol. The van der Waals surface area contributed by atoms with Crippen LogP contribution in [0.4, 0.5) is 5.69 Å². The predicted octanol–water partition coefficient (Wildman–Crippen LogP) is 5.20. The third kappa shape index (κ3) is 4.56. The molecule has 0 saturated carbocycles. The molecular formula is C24H23BrN2O2S. The second-order valence-electron chi connectivity index (χ2n) is 7.38. The van der Waals surface area contributed by atoms with Crippen molar-refractivity contribution in [1.82, 2.24) is 4.31 Å². The molecule has 0 radical (unpaired) electrons. The first kappa shape index (κ1) is 21.0. The van der Waals surface area contributed by atoms with E-state index in [1.165, 1.54) is 5.56 Å². The molecule has 3 aromatic carbocycles. The molecule has 0 aromatic heterocycles. The largest absolute Gasteiger partial charge is 0.308 e. The van der Waals surface area contributed by atoms with Gasteiger partial charge in [0.15, 0.2) is 0 Å². The van der Waals surface area contributed by atoms with Gasteiger partial charge in [-0.3, -0.25) is 4.79 Å². The number of benzene rings is 3. The van der Waals surface area contributed by atoms with Crippen LogP contribution in [0, 0.1) is 0 Å². The number of aryl methyl sites for hydroxylation is 1. The van der Waals surface area contributed by atoms with Crippen LogP contribution in [0.3, 0.4) is 0 Å². The highest BCUT2D eigenvalue weighted by Crippen LogP contribution is 2.28. The van der Waals surface area contributed by atoms with Crippen LogP contribution in [0.1, 0.15) is 27.9 Å². The van der Waals surface area contributed by atoms with Gasteiger partial charge in [0.25, 0.3) is 5.91 Å². The quantitative estimate of drug-likeness (QED) is 0.501. The van der Waals surface area contributed by atoms with Gasteiger partial charge in [-0.1, -0.05) is 46.3 Å². The normalized spacial score (nSPS) is 14.4. The molecule has 0 bridgehead atoms. The van der Waals surface area contributed by atoms with E-state index >= 15 is 0 Å². The van der Waals surface area contributed by atoms with Crippen LogP contribution >= 0.6 is 15.9 Å². The Balaban J connectivity index is 1.51. The third-order valence-electron chi connectivity index (χ3n) is 5.23. The van der Waals surface area contributed by atoms with Crippen LogP contribution in [0.15, 0.2) is 82.2 Å². The van der Waals surface area contributed by atoms with E-state index in [-0.39, 0.29) is 5.91 Å². The lowest BCUT2D eigenvalue weighted by Gasteiger charge is -2.29. The number of carbonyl (C=O) groups is 1. The van der Waals surface area contributed by atoms with E-state index in [4.69, 9.17) is 0 Å². The summed E-state index contributed by atoms with van der Waals surface area (Å²) in [5.41, 5.74) is 3.84. The van der Waals surface area contributed by atoms with Gasteiger partial charge in [-0.05, 0) is 66.4 Å². The molecule has 0 fully saturated rings. The van der Waals surface area contributed by atoms with E-state index in [2.05, 4.69) is 22.0 Å². The summed E-state index contributed by atoms with van der Waals surface area (Å²) in [4.78, 5) is 15.9.